The number of allylic oxidation sites excluding steroid dienone is 2. The Balaban J connectivity index is 1.81. The highest BCUT2D eigenvalue weighted by Crippen LogP contribution is 2.62. The predicted octanol–water partition coefficient (Wildman–Crippen LogP) is 4.99. The molecule has 2 atom stereocenters. The lowest BCUT2D eigenvalue weighted by molar-refractivity contribution is 0.124. The van der Waals surface area contributed by atoms with Crippen LogP contribution in [0.15, 0.2) is 53.9 Å². The molecule has 1 fully saturated rings. The van der Waals surface area contributed by atoms with E-state index in [-0.39, 0.29) is 0 Å². The molecule has 0 N–H and O–H groups in total. The van der Waals surface area contributed by atoms with E-state index in [1.54, 1.807) is 11.1 Å². The van der Waals surface area contributed by atoms with Crippen LogP contribution in [0.25, 0.3) is 11.4 Å². The van der Waals surface area contributed by atoms with E-state index in [0.717, 1.165) is 17.3 Å². The fourth-order valence-electron chi connectivity index (χ4n) is 4.37. The Morgan fingerprint density at radius 1 is 1.05 bits per heavy atom. The molecule has 0 radical (unpaired) electrons. The van der Waals surface area contributed by atoms with Crippen molar-refractivity contribution in [2.75, 3.05) is 0 Å². The molecule has 1 saturated carbocycles. The minimum absolute atomic E-state index is 0.411. The summed E-state index contributed by atoms with van der Waals surface area (Å²) in [5.41, 5.74) is 7.02. The van der Waals surface area contributed by atoms with Crippen molar-refractivity contribution in [1.29, 1.82) is 0 Å². The van der Waals surface area contributed by atoms with Crippen LogP contribution >= 0.6 is 0 Å². The Labute approximate surface area is 132 Å². The molecule has 0 aliphatic heterocycles. The summed E-state index contributed by atoms with van der Waals surface area (Å²) < 4.78 is 0. The highest BCUT2D eigenvalue weighted by atomic mass is 14.8. The van der Waals surface area contributed by atoms with Crippen LogP contribution in [0.4, 0.5) is 0 Å². The van der Waals surface area contributed by atoms with Gasteiger partial charge in [-0.3, -0.25) is 9.97 Å². The number of rotatable bonds is 2. The second-order valence-corrected chi connectivity index (χ2v) is 7.23. The van der Waals surface area contributed by atoms with Crippen molar-refractivity contribution in [3.8, 4) is 11.4 Å². The molecule has 0 aromatic carbocycles. The van der Waals surface area contributed by atoms with Crippen LogP contribution in [0.2, 0.25) is 0 Å². The number of fused-ring (bicyclic) bond motifs is 2. The molecule has 2 heterocycles. The maximum absolute atomic E-state index is 4.65. The second-order valence-electron chi connectivity index (χ2n) is 7.23. The lowest BCUT2D eigenvalue weighted by Gasteiger charge is -2.55. The molecule has 22 heavy (non-hydrogen) atoms. The lowest BCUT2D eigenvalue weighted by atomic mass is 9.50. The Hall–Kier alpha value is -1.96. The van der Waals surface area contributed by atoms with Crippen LogP contribution in [0.5, 0.6) is 0 Å². The number of aromatic nitrogens is 2. The first-order valence-electron chi connectivity index (χ1n) is 8.15. The van der Waals surface area contributed by atoms with Gasteiger partial charge in [0, 0.05) is 18.3 Å². The van der Waals surface area contributed by atoms with Crippen LogP contribution in [0.3, 0.4) is 0 Å². The van der Waals surface area contributed by atoms with Crippen LogP contribution < -0.4 is 0 Å². The number of pyridine rings is 2. The van der Waals surface area contributed by atoms with Crippen molar-refractivity contribution in [3.63, 3.8) is 0 Å². The maximum Gasteiger partial charge on any atom is 0.0924 e. The summed E-state index contributed by atoms with van der Waals surface area (Å²) in [6.07, 6.45) is 6.27. The molecule has 2 nitrogen and oxygen atoms in total. The van der Waals surface area contributed by atoms with Crippen molar-refractivity contribution in [1.82, 2.24) is 9.97 Å². The fourth-order valence-corrected chi connectivity index (χ4v) is 4.37. The third kappa shape index (κ3) is 1.86. The van der Waals surface area contributed by atoms with E-state index in [9.17, 15) is 0 Å². The molecule has 2 heteroatoms. The zero-order valence-electron chi connectivity index (χ0n) is 13.5. The van der Waals surface area contributed by atoms with Gasteiger partial charge in [-0.15, -0.1) is 0 Å². The quantitative estimate of drug-likeness (QED) is 0.728. The number of hydrogen-bond donors (Lipinski definition) is 0. The molecule has 0 amide bonds. The molecule has 2 unspecified atom stereocenters. The summed E-state index contributed by atoms with van der Waals surface area (Å²) in [5.74, 6) is 1.32. The topological polar surface area (TPSA) is 25.8 Å². The summed E-state index contributed by atoms with van der Waals surface area (Å²) >= 11 is 0. The van der Waals surface area contributed by atoms with Crippen molar-refractivity contribution in [2.24, 2.45) is 11.3 Å². The van der Waals surface area contributed by atoms with Crippen molar-refractivity contribution in [2.45, 2.75) is 39.5 Å². The second kappa shape index (κ2) is 4.77. The van der Waals surface area contributed by atoms with Gasteiger partial charge in [0.2, 0.25) is 0 Å². The highest BCUT2D eigenvalue weighted by Gasteiger charge is 2.49. The Morgan fingerprint density at radius 3 is 2.55 bits per heavy atom. The normalized spacial score (nSPS) is 25.8. The van der Waals surface area contributed by atoms with E-state index in [2.05, 4.69) is 48.9 Å². The first-order valence-corrected chi connectivity index (χ1v) is 8.15. The van der Waals surface area contributed by atoms with E-state index in [0.29, 0.717) is 11.3 Å². The molecule has 3 aliphatic rings. The first-order chi connectivity index (χ1) is 10.6. The Morgan fingerprint density at radius 2 is 1.86 bits per heavy atom. The fraction of sp³-hybridized carbons (Fsp3) is 0.400. The van der Waals surface area contributed by atoms with Gasteiger partial charge in [-0.1, -0.05) is 37.1 Å². The third-order valence-electron chi connectivity index (χ3n) is 5.89. The van der Waals surface area contributed by atoms with Crippen LogP contribution in [-0.2, 0) is 0 Å². The van der Waals surface area contributed by atoms with Gasteiger partial charge < -0.3 is 0 Å². The summed E-state index contributed by atoms with van der Waals surface area (Å²) in [4.78, 5) is 9.16. The van der Waals surface area contributed by atoms with Crippen LogP contribution in [0, 0.1) is 11.3 Å². The number of hydrogen-bond acceptors (Lipinski definition) is 2. The van der Waals surface area contributed by atoms with Gasteiger partial charge in [0.15, 0.2) is 0 Å². The van der Waals surface area contributed by atoms with E-state index in [1.165, 1.54) is 18.4 Å². The SMILES string of the molecule is CC1=C2CC(CC1c1cccnc1-c1ccccn1)C2(C)C. The summed E-state index contributed by atoms with van der Waals surface area (Å²) in [5, 5.41) is 0. The van der Waals surface area contributed by atoms with Gasteiger partial charge in [0.05, 0.1) is 11.4 Å². The van der Waals surface area contributed by atoms with Gasteiger partial charge in [-0.25, -0.2) is 0 Å². The molecule has 0 saturated heterocycles. The van der Waals surface area contributed by atoms with E-state index < -0.39 is 0 Å². The monoisotopic (exact) mass is 290 g/mol. The third-order valence-corrected chi connectivity index (χ3v) is 5.89. The van der Waals surface area contributed by atoms with E-state index in [4.69, 9.17) is 0 Å². The minimum atomic E-state index is 0.411. The smallest absolute Gasteiger partial charge is 0.0924 e. The van der Waals surface area contributed by atoms with Crippen molar-refractivity contribution in [3.05, 3.63) is 59.4 Å². The lowest BCUT2D eigenvalue weighted by Crippen LogP contribution is -2.43. The van der Waals surface area contributed by atoms with Crippen LogP contribution in [0.1, 0.15) is 45.1 Å². The molecule has 5 rings (SSSR count). The zero-order chi connectivity index (χ0) is 15.3. The van der Waals surface area contributed by atoms with Gasteiger partial charge in [-0.05, 0) is 54.9 Å². The molecular weight excluding hydrogens is 268 g/mol. The van der Waals surface area contributed by atoms with Crippen molar-refractivity contribution >= 4 is 0 Å². The summed E-state index contributed by atoms with van der Waals surface area (Å²) in [7, 11) is 0. The van der Waals surface area contributed by atoms with Crippen LogP contribution in [-0.4, -0.2) is 9.97 Å². The number of nitrogens with zero attached hydrogens (tertiary/aromatic N) is 2. The van der Waals surface area contributed by atoms with Crippen molar-refractivity contribution < 1.29 is 0 Å². The standard InChI is InChI=1S/C20H22N2/c1-13-16(11-14-12-17(13)20(14,2)3)15-7-6-10-22-19(15)18-8-4-5-9-21-18/h4-10,14,16H,11-12H2,1-3H3. The summed E-state index contributed by atoms with van der Waals surface area (Å²) in [6.45, 7) is 7.13. The van der Waals surface area contributed by atoms with Gasteiger partial charge in [0.25, 0.3) is 0 Å². The molecule has 2 bridgehead atoms. The Bertz CT molecular complexity index is 743. The van der Waals surface area contributed by atoms with Gasteiger partial charge in [0.1, 0.15) is 0 Å². The van der Waals surface area contributed by atoms with Gasteiger partial charge in [-0.2, -0.15) is 0 Å². The zero-order valence-corrected chi connectivity index (χ0v) is 13.5. The average Bonchev–Trinajstić information content (AvgIpc) is 2.55. The predicted molar refractivity (Wildman–Crippen MR) is 89.4 cm³/mol. The highest BCUT2D eigenvalue weighted by molar-refractivity contribution is 5.61. The minimum Gasteiger partial charge on any atom is -0.255 e. The molecule has 112 valence electrons. The maximum atomic E-state index is 4.65. The Kier molecular flexibility index (Phi) is 2.97. The summed E-state index contributed by atoms with van der Waals surface area (Å²) in [6, 6.07) is 10.3. The molecular formula is C20H22N2. The van der Waals surface area contributed by atoms with Gasteiger partial charge >= 0.3 is 0 Å². The largest absolute Gasteiger partial charge is 0.255 e. The molecule has 3 aliphatic carbocycles. The van der Waals surface area contributed by atoms with E-state index >= 15 is 0 Å². The average molecular weight is 290 g/mol. The molecule has 2 aromatic heterocycles. The molecule has 0 spiro atoms. The molecule has 2 aromatic rings. The van der Waals surface area contributed by atoms with E-state index in [1.807, 2.05) is 24.5 Å². The first kappa shape index (κ1) is 13.7.